The van der Waals surface area contributed by atoms with E-state index in [1.54, 1.807) is 6.92 Å². The molecule has 4 nitrogen and oxygen atoms in total. The van der Waals surface area contributed by atoms with Gasteiger partial charge >= 0.3 is 5.97 Å². The van der Waals surface area contributed by atoms with E-state index in [1.165, 1.54) is 0 Å². The quantitative estimate of drug-likeness (QED) is 0.785. The third-order valence-corrected chi connectivity index (χ3v) is 3.75. The van der Waals surface area contributed by atoms with Crippen LogP contribution in [-0.2, 0) is 14.3 Å². The topological polar surface area (TPSA) is 55.8 Å². The summed E-state index contributed by atoms with van der Waals surface area (Å²) in [5.41, 5.74) is -3.01. The maximum absolute atomic E-state index is 12.2. The summed E-state index contributed by atoms with van der Waals surface area (Å²) in [5.74, 6) is -1.02. The minimum Gasteiger partial charge on any atom is -0.460 e. The lowest BCUT2D eigenvalue weighted by Gasteiger charge is -2.39. The molecule has 0 radical (unpaired) electrons. The summed E-state index contributed by atoms with van der Waals surface area (Å²) in [6.45, 7) is 14.7. The minimum absolute atomic E-state index is 0.385. The molecule has 0 aliphatic carbocycles. The standard InChI is InChI=1S/C15H28O4/c1-10(11(16)18-12(2,3)4)15(17)9-13(5,6)19-14(15,7)8/h10,17H,9H2,1-8H3. The van der Waals surface area contributed by atoms with Crippen molar-refractivity contribution in [3.63, 3.8) is 0 Å². The molecule has 112 valence electrons. The Morgan fingerprint density at radius 3 is 2.05 bits per heavy atom. The van der Waals surface area contributed by atoms with Gasteiger partial charge in [0.15, 0.2) is 0 Å². The van der Waals surface area contributed by atoms with Gasteiger partial charge in [0, 0.05) is 6.42 Å². The highest BCUT2D eigenvalue weighted by Gasteiger charge is 2.61. The third-order valence-electron chi connectivity index (χ3n) is 3.75. The van der Waals surface area contributed by atoms with E-state index in [1.807, 2.05) is 48.5 Å². The lowest BCUT2D eigenvalue weighted by atomic mass is 9.74. The van der Waals surface area contributed by atoms with Crippen LogP contribution in [0.15, 0.2) is 0 Å². The number of rotatable bonds is 2. The minimum atomic E-state index is -1.22. The Balaban J connectivity index is 2.98. The van der Waals surface area contributed by atoms with Crippen LogP contribution in [0.4, 0.5) is 0 Å². The molecule has 1 saturated heterocycles. The van der Waals surface area contributed by atoms with Gasteiger partial charge in [0.1, 0.15) is 11.2 Å². The van der Waals surface area contributed by atoms with E-state index >= 15 is 0 Å². The van der Waals surface area contributed by atoms with E-state index in [2.05, 4.69) is 0 Å². The van der Waals surface area contributed by atoms with Crippen LogP contribution < -0.4 is 0 Å². The molecule has 2 atom stereocenters. The SMILES string of the molecule is CC(C(=O)OC(C)(C)C)C1(O)CC(C)(C)OC1(C)C. The van der Waals surface area contributed by atoms with Crippen LogP contribution in [0.25, 0.3) is 0 Å². The van der Waals surface area contributed by atoms with E-state index < -0.39 is 28.3 Å². The zero-order valence-electron chi connectivity index (χ0n) is 13.5. The van der Waals surface area contributed by atoms with Gasteiger partial charge in [0.25, 0.3) is 0 Å². The van der Waals surface area contributed by atoms with E-state index in [0.29, 0.717) is 6.42 Å². The van der Waals surface area contributed by atoms with E-state index in [4.69, 9.17) is 9.47 Å². The second-order valence-corrected chi connectivity index (χ2v) is 7.73. The van der Waals surface area contributed by atoms with Crippen LogP contribution in [0.2, 0.25) is 0 Å². The molecule has 1 rings (SSSR count). The number of aliphatic hydroxyl groups is 1. The first-order valence-corrected chi connectivity index (χ1v) is 6.86. The number of esters is 1. The molecule has 1 N–H and O–H groups in total. The molecule has 1 aliphatic rings. The van der Waals surface area contributed by atoms with Gasteiger partial charge in [-0.15, -0.1) is 0 Å². The highest BCUT2D eigenvalue weighted by molar-refractivity contribution is 5.74. The Morgan fingerprint density at radius 1 is 1.26 bits per heavy atom. The van der Waals surface area contributed by atoms with Gasteiger partial charge in [-0.1, -0.05) is 0 Å². The Labute approximate surface area is 116 Å². The maximum atomic E-state index is 12.2. The predicted molar refractivity (Wildman–Crippen MR) is 73.8 cm³/mol. The molecule has 0 amide bonds. The molecule has 1 aliphatic heterocycles. The molecule has 19 heavy (non-hydrogen) atoms. The molecule has 1 heterocycles. The van der Waals surface area contributed by atoms with Crippen molar-refractivity contribution in [3.05, 3.63) is 0 Å². The lowest BCUT2D eigenvalue weighted by molar-refractivity contribution is -0.183. The largest absolute Gasteiger partial charge is 0.460 e. The molecule has 2 unspecified atom stereocenters. The highest BCUT2D eigenvalue weighted by Crippen LogP contribution is 2.49. The number of carbonyl (C=O) groups is 1. The Morgan fingerprint density at radius 2 is 1.74 bits per heavy atom. The van der Waals surface area contributed by atoms with Crippen molar-refractivity contribution in [1.29, 1.82) is 0 Å². The van der Waals surface area contributed by atoms with Crippen molar-refractivity contribution in [2.75, 3.05) is 0 Å². The van der Waals surface area contributed by atoms with Gasteiger partial charge in [-0.25, -0.2) is 0 Å². The maximum Gasteiger partial charge on any atom is 0.312 e. The average Bonchev–Trinajstić information content (AvgIpc) is 2.26. The van der Waals surface area contributed by atoms with Gasteiger partial charge in [-0.05, 0) is 55.4 Å². The summed E-state index contributed by atoms with van der Waals surface area (Å²) < 4.78 is 11.3. The summed E-state index contributed by atoms with van der Waals surface area (Å²) in [5, 5.41) is 11.0. The second-order valence-electron chi connectivity index (χ2n) is 7.73. The number of hydrogen-bond donors (Lipinski definition) is 1. The summed E-state index contributed by atoms with van der Waals surface area (Å²) >= 11 is 0. The Bertz CT molecular complexity index is 365. The fourth-order valence-corrected chi connectivity index (χ4v) is 2.94. The van der Waals surface area contributed by atoms with Crippen LogP contribution in [0, 0.1) is 5.92 Å². The molecule has 0 saturated carbocycles. The van der Waals surface area contributed by atoms with Gasteiger partial charge in [-0.2, -0.15) is 0 Å². The fourth-order valence-electron chi connectivity index (χ4n) is 2.94. The average molecular weight is 272 g/mol. The van der Waals surface area contributed by atoms with Gasteiger partial charge < -0.3 is 14.6 Å². The summed E-state index contributed by atoms with van der Waals surface area (Å²) in [4.78, 5) is 12.2. The van der Waals surface area contributed by atoms with E-state index in [9.17, 15) is 9.90 Å². The van der Waals surface area contributed by atoms with Crippen LogP contribution in [0.3, 0.4) is 0 Å². The predicted octanol–water partition coefficient (Wildman–Crippen LogP) is 2.67. The monoisotopic (exact) mass is 272 g/mol. The number of ether oxygens (including phenoxy) is 2. The van der Waals surface area contributed by atoms with Crippen LogP contribution in [0.1, 0.15) is 61.8 Å². The molecular weight excluding hydrogens is 244 g/mol. The van der Waals surface area contributed by atoms with Crippen molar-refractivity contribution in [2.45, 2.75) is 84.2 Å². The first-order valence-electron chi connectivity index (χ1n) is 6.86. The van der Waals surface area contributed by atoms with Gasteiger partial charge in [0.05, 0.1) is 17.1 Å². The van der Waals surface area contributed by atoms with Crippen molar-refractivity contribution >= 4 is 5.97 Å². The van der Waals surface area contributed by atoms with Crippen LogP contribution >= 0.6 is 0 Å². The summed E-state index contributed by atoms with van der Waals surface area (Å²) in [7, 11) is 0. The number of hydrogen-bond acceptors (Lipinski definition) is 4. The van der Waals surface area contributed by atoms with Crippen molar-refractivity contribution in [2.24, 2.45) is 5.92 Å². The Hall–Kier alpha value is -0.610. The highest BCUT2D eigenvalue weighted by atomic mass is 16.6. The lowest BCUT2D eigenvalue weighted by Crippen LogP contribution is -2.54. The number of carbonyl (C=O) groups excluding carboxylic acids is 1. The van der Waals surface area contributed by atoms with Crippen molar-refractivity contribution < 1.29 is 19.4 Å². The molecular formula is C15H28O4. The first-order chi connectivity index (χ1) is 8.20. The summed E-state index contributed by atoms with van der Waals surface area (Å²) in [6, 6.07) is 0. The fraction of sp³-hybridized carbons (Fsp3) is 0.933. The molecule has 0 spiro atoms. The van der Waals surface area contributed by atoms with Crippen LogP contribution in [-0.4, -0.2) is 33.5 Å². The van der Waals surface area contributed by atoms with Gasteiger partial charge in [-0.3, -0.25) is 4.79 Å². The van der Waals surface area contributed by atoms with E-state index in [-0.39, 0.29) is 5.97 Å². The molecule has 0 bridgehead atoms. The second kappa shape index (κ2) is 4.45. The smallest absolute Gasteiger partial charge is 0.312 e. The van der Waals surface area contributed by atoms with E-state index in [0.717, 1.165) is 0 Å². The normalized spacial score (nSPS) is 31.0. The van der Waals surface area contributed by atoms with Gasteiger partial charge in [0.2, 0.25) is 0 Å². The zero-order chi connectivity index (χ0) is 15.3. The van der Waals surface area contributed by atoms with Crippen molar-refractivity contribution in [1.82, 2.24) is 0 Å². The molecule has 0 aromatic rings. The molecule has 0 aromatic heterocycles. The molecule has 4 heteroatoms. The molecule has 1 fully saturated rings. The van der Waals surface area contributed by atoms with Crippen LogP contribution in [0.5, 0.6) is 0 Å². The molecule has 0 aromatic carbocycles. The summed E-state index contributed by atoms with van der Waals surface area (Å²) in [6.07, 6.45) is 0.410. The zero-order valence-corrected chi connectivity index (χ0v) is 13.5. The third kappa shape index (κ3) is 3.29. The first kappa shape index (κ1) is 16.4. The Kier molecular flexibility index (Phi) is 3.85. The van der Waals surface area contributed by atoms with Crippen molar-refractivity contribution in [3.8, 4) is 0 Å².